The number of hydrogen-bond acceptors (Lipinski definition) is 6. The van der Waals surface area contributed by atoms with Gasteiger partial charge in [-0.25, -0.2) is 9.67 Å². The molecule has 10 heteroatoms. The first-order valence-corrected chi connectivity index (χ1v) is 9.73. The van der Waals surface area contributed by atoms with Crippen molar-refractivity contribution in [2.75, 3.05) is 44.2 Å². The molecule has 1 aliphatic rings. The molecule has 0 unspecified atom stereocenters. The highest BCUT2D eigenvalue weighted by molar-refractivity contribution is 6.30. The van der Waals surface area contributed by atoms with Crippen molar-refractivity contribution in [2.24, 2.45) is 0 Å². The summed E-state index contributed by atoms with van der Waals surface area (Å²) in [5.41, 5.74) is 0.255. The molecule has 0 atom stereocenters. The van der Waals surface area contributed by atoms with Gasteiger partial charge < -0.3 is 14.7 Å². The van der Waals surface area contributed by atoms with Crippen LogP contribution in [0.15, 0.2) is 24.5 Å². The maximum Gasteiger partial charge on any atom is 0.276 e. The first kappa shape index (κ1) is 20.1. The molecule has 2 aromatic heterocycles. The third-order valence-electron chi connectivity index (χ3n) is 4.77. The second kappa shape index (κ2) is 9.01. The predicted molar refractivity (Wildman–Crippen MR) is 105 cm³/mol. The molecule has 3 rings (SSSR count). The first-order chi connectivity index (χ1) is 13.5. The molecule has 2 aromatic rings. The van der Waals surface area contributed by atoms with Crippen molar-refractivity contribution in [1.82, 2.24) is 29.8 Å². The van der Waals surface area contributed by atoms with Crippen LogP contribution in [0.3, 0.4) is 0 Å². The van der Waals surface area contributed by atoms with Crippen LogP contribution >= 0.6 is 11.6 Å². The molecule has 0 saturated carbocycles. The van der Waals surface area contributed by atoms with Crippen LogP contribution < -0.4 is 4.90 Å². The number of nitrogens with zero attached hydrogens (tertiary/aromatic N) is 7. The van der Waals surface area contributed by atoms with Crippen LogP contribution in [0.1, 0.15) is 24.3 Å². The summed E-state index contributed by atoms with van der Waals surface area (Å²) >= 11 is 5.88. The zero-order chi connectivity index (χ0) is 20.1. The number of amides is 2. The minimum Gasteiger partial charge on any atom is -0.353 e. The minimum absolute atomic E-state index is 0.0435. The maximum atomic E-state index is 12.7. The normalized spacial score (nSPS) is 14.2. The van der Waals surface area contributed by atoms with Gasteiger partial charge in [-0.05, 0) is 26.0 Å². The highest BCUT2D eigenvalue weighted by Crippen LogP contribution is 2.16. The predicted octanol–water partition coefficient (Wildman–Crippen LogP) is 1.16. The van der Waals surface area contributed by atoms with E-state index in [9.17, 15) is 9.59 Å². The van der Waals surface area contributed by atoms with Gasteiger partial charge in [-0.3, -0.25) is 9.59 Å². The van der Waals surface area contributed by atoms with Crippen molar-refractivity contribution in [2.45, 2.75) is 20.4 Å². The molecule has 0 aromatic carbocycles. The summed E-state index contributed by atoms with van der Waals surface area (Å²) in [5, 5.41) is 8.48. The Morgan fingerprint density at radius 3 is 2.46 bits per heavy atom. The topological polar surface area (TPSA) is 87.5 Å². The molecule has 0 radical (unpaired) electrons. The summed E-state index contributed by atoms with van der Waals surface area (Å²) in [4.78, 5) is 34.8. The molecule has 0 N–H and O–H groups in total. The molecule has 0 aliphatic carbocycles. The summed E-state index contributed by atoms with van der Waals surface area (Å²) in [5.74, 6) is 0.626. The van der Waals surface area contributed by atoms with Crippen molar-refractivity contribution in [1.29, 1.82) is 0 Å². The Kier molecular flexibility index (Phi) is 6.45. The van der Waals surface area contributed by atoms with Crippen molar-refractivity contribution in [3.05, 3.63) is 35.2 Å². The molecule has 1 saturated heterocycles. The number of anilines is 1. The summed E-state index contributed by atoms with van der Waals surface area (Å²) < 4.78 is 1.42. The van der Waals surface area contributed by atoms with Crippen molar-refractivity contribution < 1.29 is 9.59 Å². The Morgan fingerprint density at radius 1 is 1.14 bits per heavy atom. The monoisotopic (exact) mass is 405 g/mol. The van der Waals surface area contributed by atoms with E-state index in [1.807, 2.05) is 19.9 Å². The van der Waals surface area contributed by atoms with Gasteiger partial charge in [0.15, 0.2) is 5.69 Å². The highest BCUT2D eigenvalue weighted by Gasteiger charge is 2.25. The van der Waals surface area contributed by atoms with E-state index in [0.29, 0.717) is 44.3 Å². The number of halogens is 1. The van der Waals surface area contributed by atoms with Gasteiger partial charge in [0.25, 0.3) is 5.91 Å². The quantitative estimate of drug-likeness (QED) is 0.716. The molecular formula is C18H24ClN7O2. The van der Waals surface area contributed by atoms with E-state index in [0.717, 1.165) is 5.82 Å². The van der Waals surface area contributed by atoms with Gasteiger partial charge in [0.1, 0.15) is 12.4 Å². The molecule has 1 fully saturated rings. The lowest BCUT2D eigenvalue weighted by molar-refractivity contribution is -0.131. The Hall–Kier alpha value is -2.68. The Labute approximate surface area is 168 Å². The fourth-order valence-electron chi connectivity index (χ4n) is 3.14. The van der Waals surface area contributed by atoms with Crippen LogP contribution in [0.5, 0.6) is 0 Å². The number of likely N-dealkylation sites (N-methyl/N-ethyl adjacent to an activating group) is 1. The molecule has 9 nitrogen and oxygen atoms in total. The van der Waals surface area contributed by atoms with Crippen molar-refractivity contribution in [3.63, 3.8) is 0 Å². The van der Waals surface area contributed by atoms with E-state index in [1.165, 1.54) is 10.9 Å². The van der Waals surface area contributed by atoms with Crippen LogP contribution in [-0.4, -0.2) is 80.9 Å². The van der Waals surface area contributed by atoms with E-state index in [4.69, 9.17) is 11.6 Å². The van der Waals surface area contributed by atoms with Crippen molar-refractivity contribution >= 4 is 29.2 Å². The molecule has 150 valence electrons. The molecular weight excluding hydrogens is 382 g/mol. The fourth-order valence-corrected chi connectivity index (χ4v) is 3.26. The fraction of sp³-hybridized carbons (Fsp3) is 0.500. The van der Waals surface area contributed by atoms with Crippen LogP contribution in [0.25, 0.3) is 0 Å². The average molecular weight is 406 g/mol. The summed E-state index contributed by atoms with van der Waals surface area (Å²) in [6.07, 6.45) is 3.16. The third-order valence-corrected chi connectivity index (χ3v) is 5.00. The first-order valence-electron chi connectivity index (χ1n) is 9.35. The van der Waals surface area contributed by atoms with Crippen LogP contribution in [0.2, 0.25) is 5.02 Å². The van der Waals surface area contributed by atoms with Gasteiger partial charge in [0, 0.05) is 45.5 Å². The number of carbonyl (C=O) groups excluding carboxylic acids is 2. The Morgan fingerprint density at radius 2 is 1.86 bits per heavy atom. The lowest BCUT2D eigenvalue weighted by Crippen LogP contribution is -2.49. The number of piperazine rings is 1. The second-order valence-corrected chi connectivity index (χ2v) is 6.92. The third kappa shape index (κ3) is 4.59. The van der Waals surface area contributed by atoms with Crippen molar-refractivity contribution in [3.8, 4) is 0 Å². The van der Waals surface area contributed by atoms with Gasteiger partial charge in [-0.2, -0.15) is 0 Å². The van der Waals surface area contributed by atoms with Gasteiger partial charge in [0.05, 0.1) is 11.2 Å². The number of carbonyl (C=O) groups is 2. The molecule has 0 spiro atoms. The molecule has 0 bridgehead atoms. The van der Waals surface area contributed by atoms with Crippen LogP contribution in [-0.2, 0) is 11.3 Å². The SMILES string of the molecule is CCN(CC)C(=O)Cn1cc(C(=O)N2CCN(c3ccc(Cl)cn3)CC2)nn1. The van der Waals surface area contributed by atoms with E-state index in [2.05, 4.69) is 20.2 Å². The molecule has 2 amide bonds. The largest absolute Gasteiger partial charge is 0.353 e. The zero-order valence-electron chi connectivity index (χ0n) is 16.1. The van der Waals surface area contributed by atoms with Crippen LogP contribution in [0.4, 0.5) is 5.82 Å². The Bertz CT molecular complexity index is 812. The number of rotatable bonds is 6. The average Bonchev–Trinajstić information content (AvgIpc) is 3.17. The second-order valence-electron chi connectivity index (χ2n) is 6.48. The number of hydrogen-bond donors (Lipinski definition) is 0. The summed E-state index contributed by atoms with van der Waals surface area (Å²) in [6, 6.07) is 3.68. The highest BCUT2D eigenvalue weighted by atomic mass is 35.5. The smallest absolute Gasteiger partial charge is 0.276 e. The molecule has 1 aliphatic heterocycles. The minimum atomic E-state index is -0.176. The summed E-state index contributed by atoms with van der Waals surface area (Å²) in [7, 11) is 0. The Balaban J connectivity index is 1.56. The van der Waals surface area contributed by atoms with Gasteiger partial charge in [-0.15, -0.1) is 5.10 Å². The zero-order valence-corrected chi connectivity index (χ0v) is 16.8. The van der Waals surface area contributed by atoms with E-state index >= 15 is 0 Å². The van der Waals surface area contributed by atoms with E-state index in [-0.39, 0.29) is 24.1 Å². The summed E-state index contributed by atoms with van der Waals surface area (Å²) in [6.45, 7) is 7.70. The lowest BCUT2D eigenvalue weighted by atomic mass is 10.2. The van der Waals surface area contributed by atoms with Gasteiger partial charge in [-0.1, -0.05) is 16.8 Å². The molecule has 3 heterocycles. The number of pyridine rings is 1. The van der Waals surface area contributed by atoms with E-state index in [1.54, 1.807) is 22.1 Å². The number of aromatic nitrogens is 4. The standard InChI is InChI=1S/C18H24ClN7O2/c1-3-23(4-2)17(27)13-26-12-15(21-22-26)18(28)25-9-7-24(8-10-25)16-6-5-14(19)11-20-16/h5-6,11-12H,3-4,7-10,13H2,1-2H3. The van der Waals surface area contributed by atoms with Crippen LogP contribution in [0, 0.1) is 0 Å². The lowest BCUT2D eigenvalue weighted by Gasteiger charge is -2.35. The maximum absolute atomic E-state index is 12.7. The van der Waals surface area contributed by atoms with Gasteiger partial charge >= 0.3 is 0 Å². The van der Waals surface area contributed by atoms with Gasteiger partial charge in [0.2, 0.25) is 5.91 Å². The molecule has 28 heavy (non-hydrogen) atoms. The van der Waals surface area contributed by atoms with E-state index < -0.39 is 0 Å².